The lowest BCUT2D eigenvalue weighted by atomic mass is 9.85. The van der Waals surface area contributed by atoms with Gasteiger partial charge in [0.25, 0.3) is 0 Å². The van der Waals surface area contributed by atoms with Crippen LogP contribution < -0.4 is 9.47 Å². The lowest BCUT2D eigenvalue weighted by Gasteiger charge is -2.18. The molecule has 0 aromatic heterocycles. The quantitative estimate of drug-likeness (QED) is 0.322. The van der Waals surface area contributed by atoms with Crippen molar-refractivity contribution in [2.45, 2.75) is 12.5 Å². The van der Waals surface area contributed by atoms with Crippen molar-refractivity contribution in [1.29, 1.82) is 0 Å². The van der Waals surface area contributed by atoms with E-state index in [1.54, 1.807) is 13.2 Å². The molecule has 0 radical (unpaired) electrons. The van der Waals surface area contributed by atoms with Gasteiger partial charge in [-0.3, -0.25) is 4.79 Å². The maximum atomic E-state index is 13.6. The molecule has 0 aliphatic heterocycles. The van der Waals surface area contributed by atoms with Crippen molar-refractivity contribution in [3.8, 4) is 11.5 Å². The normalized spacial score (nSPS) is 10.6. The third-order valence-electron chi connectivity index (χ3n) is 5.21. The van der Waals surface area contributed by atoms with Crippen LogP contribution in [0.2, 0.25) is 0 Å². The molecule has 0 unspecified atom stereocenters. The lowest BCUT2D eigenvalue weighted by Crippen LogP contribution is -2.14. The summed E-state index contributed by atoms with van der Waals surface area (Å²) < 4.78 is 11.5. The van der Waals surface area contributed by atoms with Gasteiger partial charge in [0.05, 0.1) is 13.0 Å². The Hall–Kier alpha value is -3.85. The predicted molar refractivity (Wildman–Crippen MR) is 123 cm³/mol. The molecule has 0 saturated heterocycles. The topological polar surface area (TPSA) is 35.5 Å². The van der Waals surface area contributed by atoms with E-state index in [1.165, 1.54) is 0 Å². The molecule has 0 heterocycles. The number of rotatable bonds is 8. The van der Waals surface area contributed by atoms with E-state index in [0.29, 0.717) is 23.7 Å². The van der Waals surface area contributed by atoms with Crippen LogP contribution in [0.1, 0.15) is 33.0 Å². The molecule has 0 bridgehead atoms. The molecule has 0 aliphatic carbocycles. The van der Waals surface area contributed by atoms with Crippen LogP contribution in [0.25, 0.3) is 0 Å². The summed E-state index contributed by atoms with van der Waals surface area (Å²) in [7, 11) is 1.59. The number of carbonyl (C=O) groups excluding carboxylic acids is 1. The third kappa shape index (κ3) is 4.84. The molecule has 3 nitrogen and oxygen atoms in total. The molecule has 3 heteroatoms. The smallest absolute Gasteiger partial charge is 0.174 e. The first kappa shape index (κ1) is 20.4. The van der Waals surface area contributed by atoms with Gasteiger partial charge in [0, 0.05) is 5.56 Å². The maximum absolute atomic E-state index is 13.6. The van der Waals surface area contributed by atoms with Crippen LogP contribution in [-0.4, -0.2) is 12.9 Å². The van der Waals surface area contributed by atoms with Crippen molar-refractivity contribution in [1.82, 2.24) is 0 Å². The van der Waals surface area contributed by atoms with Crippen LogP contribution in [0, 0.1) is 0 Å². The van der Waals surface area contributed by atoms with Crippen molar-refractivity contribution >= 4 is 5.78 Å². The van der Waals surface area contributed by atoms with Crippen molar-refractivity contribution in [2.75, 3.05) is 7.11 Å². The highest BCUT2D eigenvalue weighted by molar-refractivity contribution is 6.03. The van der Waals surface area contributed by atoms with E-state index in [9.17, 15) is 4.79 Å². The van der Waals surface area contributed by atoms with Gasteiger partial charge in [-0.2, -0.15) is 0 Å². The van der Waals surface area contributed by atoms with E-state index in [1.807, 2.05) is 103 Å². The lowest BCUT2D eigenvalue weighted by molar-refractivity contribution is 0.0973. The fourth-order valence-corrected chi connectivity index (χ4v) is 3.63. The largest absolute Gasteiger partial charge is 0.493 e. The molecule has 0 aliphatic rings. The zero-order chi connectivity index (χ0) is 21.5. The second-order valence-corrected chi connectivity index (χ2v) is 7.26. The first-order valence-electron chi connectivity index (χ1n) is 10.2. The summed E-state index contributed by atoms with van der Waals surface area (Å²) in [5.41, 5.74) is 3.57. The molecule has 4 aromatic rings. The van der Waals surface area contributed by atoms with Gasteiger partial charge >= 0.3 is 0 Å². The van der Waals surface area contributed by atoms with Gasteiger partial charge in [0.15, 0.2) is 17.3 Å². The van der Waals surface area contributed by atoms with E-state index < -0.39 is 0 Å². The average molecular weight is 408 g/mol. The van der Waals surface area contributed by atoms with Crippen LogP contribution in [-0.2, 0) is 6.61 Å². The highest BCUT2D eigenvalue weighted by Gasteiger charge is 2.24. The average Bonchev–Trinajstić information content (AvgIpc) is 2.84. The van der Waals surface area contributed by atoms with Gasteiger partial charge < -0.3 is 9.47 Å². The first-order chi connectivity index (χ1) is 15.3. The molecule has 31 heavy (non-hydrogen) atoms. The highest BCUT2D eigenvalue weighted by Crippen LogP contribution is 2.33. The molecule has 0 amide bonds. The highest BCUT2D eigenvalue weighted by atomic mass is 16.5. The summed E-state index contributed by atoms with van der Waals surface area (Å²) in [6.45, 7) is 0.432. The van der Waals surface area contributed by atoms with Crippen LogP contribution in [0.4, 0.5) is 0 Å². The fourth-order valence-electron chi connectivity index (χ4n) is 3.63. The zero-order valence-electron chi connectivity index (χ0n) is 17.4. The van der Waals surface area contributed by atoms with Gasteiger partial charge in [0.2, 0.25) is 0 Å². The van der Waals surface area contributed by atoms with E-state index in [-0.39, 0.29) is 11.7 Å². The first-order valence-corrected chi connectivity index (χ1v) is 10.2. The van der Waals surface area contributed by atoms with Crippen LogP contribution in [0.15, 0.2) is 109 Å². The Labute approximate surface area is 182 Å². The number of methoxy groups -OCH3 is 1. The minimum atomic E-state index is -0.386. The summed E-state index contributed by atoms with van der Waals surface area (Å²) in [4.78, 5) is 13.6. The second-order valence-electron chi connectivity index (χ2n) is 7.26. The monoisotopic (exact) mass is 408 g/mol. The Balaban J connectivity index is 1.63. The third-order valence-corrected chi connectivity index (χ3v) is 5.21. The molecule has 0 N–H and O–H groups in total. The van der Waals surface area contributed by atoms with Gasteiger partial charge in [-0.1, -0.05) is 91.0 Å². The molecule has 4 rings (SSSR count). The second kappa shape index (κ2) is 9.77. The SMILES string of the molecule is COc1cc(C(=O)C(c2ccccc2)c2ccccc2)ccc1OCc1ccccc1. The van der Waals surface area contributed by atoms with E-state index in [4.69, 9.17) is 9.47 Å². The standard InChI is InChI=1S/C28H24O3/c1-30-26-19-24(17-18-25(26)31-20-21-11-5-2-6-12-21)28(29)27(22-13-7-3-8-14-22)23-15-9-4-10-16-23/h2-19,27H,20H2,1H3. The zero-order valence-corrected chi connectivity index (χ0v) is 17.4. The summed E-state index contributed by atoms with van der Waals surface area (Å²) >= 11 is 0. The van der Waals surface area contributed by atoms with Gasteiger partial charge in [-0.15, -0.1) is 0 Å². The Kier molecular flexibility index (Phi) is 6.44. The molecule has 0 saturated carbocycles. The van der Waals surface area contributed by atoms with Gasteiger partial charge in [0.1, 0.15) is 6.61 Å². The number of hydrogen-bond acceptors (Lipinski definition) is 3. The van der Waals surface area contributed by atoms with Crippen LogP contribution >= 0.6 is 0 Å². The van der Waals surface area contributed by atoms with Crippen molar-refractivity contribution in [3.63, 3.8) is 0 Å². The van der Waals surface area contributed by atoms with Gasteiger partial charge in [-0.05, 0) is 34.9 Å². The van der Waals surface area contributed by atoms with Crippen LogP contribution in [0.3, 0.4) is 0 Å². The minimum absolute atomic E-state index is 0.0188. The summed E-state index contributed by atoms with van der Waals surface area (Å²) in [5.74, 6) is 0.786. The Morgan fingerprint density at radius 2 is 1.26 bits per heavy atom. The summed E-state index contributed by atoms with van der Waals surface area (Å²) in [6, 6.07) is 35.0. The number of ketones is 1. The van der Waals surface area contributed by atoms with Crippen molar-refractivity contribution < 1.29 is 14.3 Å². The Bertz CT molecular complexity index is 1080. The Morgan fingerprint density at radius 3 is 1.81 bits per heavy atom. The molecular formula is C28H24O3. The molecule has 0 atom stereocenters. The van der Waals surface area contributed by atoms with Gasteiger partial charge in [-0.25, -0.2) is 0 Å². The molecule has 4 aromatic carbocycles. The predicted octanol–water partition coefficient (Wildman–Crippen LogP) is 6.29. The number of hydrogen-bond donors (Lipinski definition) is 0. The molecular weight excluding hydrogens is 384 g/mol. The molecule has 154 valence electrons. The van der Waals surface area contributed by atoms with E-state index >= 15 is 0 Å². The number of ether oxygens (including phenoxy) is 2. The maximum Gasteiger partial charge on any atom is 0.174 e. The van der Waals surface area contributed by atoms with Crippen molar-refractivity contribution in [2.24, 2.45) is 0 Å². The number of carbonyl (C=O) groups is 1. The fraction of sp³-hybridized carbons (Fsp3) is 0.107. The van der Waals surface area contributed by atoms with Crippen LogP contribution in [0.5, 0.6) is 11.5 Å². The Morgan fingerprint density at radius 1 is 0.710 bits per heavy atom. The van der Waals surface area contributed by atoms with Crippen molar-refractivity contribution in [3.05, 3.63) is 131 Å². The summed E-state index contributed by atoms with van der Waals surface area (Å²) in [5, 5.41) is 0. The number of benzene rings is 4. The summed E-state index contributed by atoms with van der Waals surface area (Å²) in [6.07, 6.45) is 0. The molecule has 0 fully saturated rings. The minimum Gasteiger partial charge on any atom is -0.493 e. The van der Waals surface area contributed by atoms with E-state index in [0.717, 1.165) is 16.7 Å². The molecule has 0 spiro atoms. The van der Waals surface area contributed by atoms with E-state index in [2.05, 4.69) is 0 Å². The number of Topliss-reactive ketones (excluding diaryl/α,β-unsaturated/α-hetero) is 1.